The average Bonchev–Trinajstić information content (AvgIpc) is 2.67. The highest BCUT2D eigenvalue weighted by Crippen LogP contribution is 2.30. The number of nitro benzene ring substituents is 1. The van der Waals surface area contributed by atoms with E-state index in [2.05, 4.69) is 53.1 Å². The zero-order valence-corrected chi connectivity index (χ0v) is 14.1. The van der Waals surface area contributed by atoms with Gasteiger partial charge in [0.15, 0.2) is 4.67 Å². The Morgan fingerprint density at radius 3 is 2.53 bits per heavy atom. The van der Waals surface area contributed by atoms with Gasteiger partial charge >= 0.3 is 0 Å². The maximum Gasteiger partial charge on any atom is 0.271 e. The van der Waals surface area contributed by atoms with Gasteiger partial charge in [-0.25, -0.2) is 0 Å². The van der Waals surface area contributed by atoms with Gasteiger partial charge in [0.05, 0.1) is 21.6 Å². The molecule has 0 aliphatic heterocycles. The fraction of sp³-hybridized carbons (Fsp3) is 0.0909. The predicted molar refractivity (Wildman–Crippen MR) is 82.2 cm³/mol. The highest BCUT2D eigenvalue weighted by Gasteiger charge is 2.11. The molecule has 0 fully saturated rings. The van der Waals surface area contributed by atoms with Gasteiger partial charge in [0, 0.05) is 16.6 Å². The van der Waals surface area contributed by atoms with E-state index < -0.39 is 4.92 Å². The van der Waals surface area contributed by atoms with E-state index in [4.69, 9.17) is 4.42 Å². The number of non-ortho nitro benzene ring substituents is 1. The minimum absolute atomic E-state index is 0.0347. The molecule has 1 heterocycles. The number of nitro groups is 1. The van der Waals surface area contributed by atoms with Crippen molar-refractivity contribution in [1.82, 2.24) is 0 Å². The molecule has 100 valence electrons. The van der Waals surface area contributed by atoms with Crippen molar-refractivity contribution in [3.05, 3.63) is 53.8 Å². The van der Waals surface area contributed by atoms with Crippen LogP contribution in [0.3, 0.4) is 0 Å². The molecule has 1 N–H and O–H groups in total. The van der Waals surface area contributed by atoms with Gasteiger partial charge in [0.25, 0.3) is 5.69 Å². The van der Waals surface area contributed by atoms with E-state index in [1.807, 2.05) is 6.07 Å². The molecule has 2 rings (SSSR count). The molecule has 19 heavy (non-hydrogen) atoms. The summed E-state index contributed by atoms with van der Waals surface area (Å²) < 4.78 is 7.60. The number of hydrogen-bond acceptors (Lipinski definition) is 4. The van der Waals surface area contributed by atoms with Crippen LogP contribution in [0.25, 0.3) is 0 Å². The van der Waals surface area contributed by atoms with E-state index in [1.54, 1.807) is 6.07 Å². The molecule has 0 aliphatic rings. The lowest BCUT2D eigenvalue weighted by atomic mass is 10.3. The van der Waals surface area contributed by atoms with Crippen molar-refractivity contribution in [2.24, 2.45) is 0 Å². The summed E-state index contributed by atoms with van der Waals surface area (Å²) in [4.78, 5) is 10.3. The van der Waals surface area contributed by atoms with E-state index in [0.29, 0.717) is 22.7 Å². The van der Waals surface area contributed by atoms with Crippen molar-refractivity contribution in [2.45, 2.75) is 6.54 Å². The van der Waals surface area contributed by atoms with Crippen LogP contribution in [0.2, 0.25) is 0 Å². The lowest BCUT2D eigenvalue weighted by Crippen LogP contribution is -2.00. The highest BCUT2D eigenvalue weighted by molar-refractivity contribution is 9.13. The molecule has 0 saturated heterocycles. The molecule has 0 amide bonds. The molecule has 0 saturated carbocycles. The normalized spacial score (nSPS) is 10.5. The molecule has 1 aromatic heterocycles. The summed E-state index contributed by atoms with van der Waals surface area (Å²) in [5, 5.41) is 13.8. The first-order valence-electron chi connectivity index (χ1n) is 5.09. The summed E-state index contributed by atoms with van der Waals surface area (Å²) in [6.07, 6.45) is 0. The van der Waals surface area contributed by atoms with Crippen LogP contribution in [0.15, 0.2) is 42.3 Å². The largest absolute Gasteiger partial charge is 0.451 e. The quantitative estimate of drug-likeness (QED) is 0.516. The van der Waals surface area contributed by atoms with Crippen LogP contribution in [-0.4, -0.2) is 4.92 Å². The zero-order chi connectivity index (χ0) is 14.0. The monoisotopic (exact) mass is 452 g/mol. The molecule has 0 atom stereocenters. The van der Waals surface area contributed by atoms with Gasteiger partial charge in [0.2, 0.25) is 0 Å². The Labute approximate surface area is 133 Å². The van der Waals surface area contributed by atoms with Gasteiger partial charge in [-0.05, 0) is 59.9 Å². The van der Waals surface area contributed by atoms with Crippen LogP contribution in [0.1, 0.15) is 5.76 Å². The second-order valence-corrected chi connectivity index (χ2v) is 6.04. The van der Waals surface area contributed by atoms with Gasteiger partial charge in [-0.3, -0.25) is 10.1 Å². The Hall–Kier alpha value is -0.860. The van der Waals surface area contributed by atoms with Gasteiger partial charge in [-0.1, -0.05) is 0 Å². The van der Waals surface area contributed by atoms with Gasteiger partial charge < -0.3 is 9.73 Å². The summed E-state index contributed by atoms with van der Waals surface area (Å²) in [6.45, 7) is 0.421. The summed E-state index contributed by atoms with van der Waals surface area (Å²) >= 11 is 9.91. The third-order valence-corrected chi connectivity index (χ3v) is 4.71. The molecular weight excluding hydrogens is 448 g/mol. The third-order valence-electron chi connectivity index (χ3n) is 2.31. The van der Waals surface area contributed by atoms with Gasteiger partial charge in [-0.15, -0.1) is 0 Å². The first-order chi connectivity index (χ1) is 8.97. The molecule has 0 bridgehead atoms. The maximum absolute atomic E-state index is 10.7. The van der Waals surface area contributed by atoms with E-state index in [1.165, 1.54) is 12.1 Å². The second-order valence-electron chi connectivity index (χ2n) is 3.61. The number of anilines is 1. The second kappa shape index (κ2) is 6.06. The molecule has 5 nitrogen and oxygen atoms in total. The summed E-state index contributed by atoms with van der Waals surface area (Å²) in [5.41, 5.74) is 0.672. The first-order valence-corrected chi connectivity index (χ1v) is 7.47. The molecule has 1 aromatic carbocycles. The Morgan fingerprint density at radius 1 is 1.21 bits per heavy atom. The zero-order valence-electron chi connectivity index (χ0n) is 9.32. The van der Waals surface area contributed by atoms with Crippen molar-refractivity contribution >= 4 is 59.2 Å². The topological polar surface area (TPSA) is 68.3 Å². The Morgan fingerprint density at radius 2 is 1.95 bits per heavy atom. The van der Waals surface area contributed by atoms with Crippen LogP contribution in [0.5, 0.6) is 0 Å². The van der Waals surface area contributed by atoms with Crippen LogP contribution in [0, 0.1) is 10.1 Å². The van der Waals surface area contributed by atoms with Crippen molar-refractivity contribution in [2.75, 3.05) is 5.32 Å². The molecule has 0 spiro atoms. The number of halogens is 3. The number of hydrogen-bond donors (Lipinski definition) is 1. The van der Waals surface area contributed by atoms with Crippen molar-refractivity contribution in [3.63, 3.8) is 0 Å². The van der Waals surface area contributed by atoms with Crippen molar-refractivity contribution in [3.8, 4) is 0 Å². The van der Waals surface area contributed by atoms with E-state index in [0.717, 1.165) is 8.95 Å². The molecular formula is C11H7Br3N2O3. The predicted octanol–water partition coefficient (Wildman–Crippen LogP) is 5.09. The summed E-state index contributed by atoms with van der Waals surface area (Å²) in [5.74, 6) is 0.706. The first kappa shape index (κ1) is 14.5. The standard InChI is InChI=1S/C11H7Br3N2O3/c12-8-2-1-6(16(17)18)3-10(8)15-5-7-4-9(13)11(14)19-7/h1-4,15H,5H2. The van der Waals surface area contributed by atoms with E-state index >= 15 is 0 Å². The summed E-state index contributed by atoms with van der Waals surface area (Å²) in [7, 11) is 0. The van der Waals surface area contributed by atoms with Crippen LogP contribution in [-0.2, 0) is 6.54 Å². The lowest BCUT2D eigenvalue weighted by Gasteiger charge is -2.06. The molecule has 0 radical (unpaired) electrons. The smallest absolute Gasteiger partial charge is 0.271 e. The van der Waals surface area contributed by atoms with Crippen LogP contribution < -0.4 is 5.32 Å². The maximum atomic E-state index is 10.7. The molecule has 0 aliphatic carbocycles. The Balaban J connectivity index is 2.14. The molecule has 0 unspecified atom stereocenters. The van der Waals surface area contributed by atoms with Gasteiger partial charge in [0.1, 0.15) is 5.76 Å². The van der Waals surface area contributed by atoms with Crippen molar-refractivity contribution < 1.29 is 9.34 Å². The summed E-state index contributed by atoms with van der Waals surface area (Å²) in [6, 6.07) is 6.36. The Bertz CT molecular complexity index is 608. The van der Waals surface area contributed by atoms with Crippen molar-refractivity contribution in [1.29, 1.82) is 0 Å². The number of benzene rings is 1. The number of rotatable bonds is 4. The van der Waals surface area contributed by atoms with E-state index in [-0.39, 0.29) is 5.69 Å². The minimum atomic E-state index is -0.433. The Kier molecular flexibility index (Phi) is 4.64. The van der Waals surface area contributed by atoms with E-state index in [9.17, 15) is 10.1 Å². The fourth-order valence-corrected chi connectivity index (χ4v) is 2.47. The van der Waals surface area contributed by atoms with Gasteiger partial charge in [-0.2, -0.15) is 0 Å². The lowest BCUT2D eigenvalue weighted by molar-refractivity contribution is -0.384. The number of nitrogens with one attached hydrogen (secondary N) is 1. The third kappa shape index (κ3) is 3.58. The molecule has 2 aromatic rings. The fourth-order valence-electron chi connectivity index (χ4n) is 1.42. The van der Waals surface area contributed by atoms with Crippen LogP contribution in [0.4, 0.5) is 11.4 Å². The number of nitrogens with zero attached hydrogens (tertiary/aromatic N) is 1. The SMILES string of the molecule is O=[N+]([O-])c1ccc(Br)c(NCc2cc(Br)c(Br)o2)c1. The average molecular weight is 455 g/mol. The molecule has 8 heteroatoms. The van der Waals surface area contributed by atoms with Crippen LogP contribution >= 0.6 is 47.8 Å². The highest BCUT2D eigenvalue weighted by atomic mass is 79.9. The minimum Gasteiger partial charge on any atom is -0.451 e. The number of furan rings is 1.